The van der Waals surface area contributed by atoms with E-state index in [-0.39, 0.29) is 5.56 Å². The Bertz CT molecular complexity index is 1210. The number of thioether (sulfide) groups is 1. The zero-order valence-electron chi connectivity index (χ0n) is 14.5. The van der Waals surface area contributed by atoms with Gasteiger partial charge in [0.15, 0.2) is 5.82 Å². The molecule has 0 amide bonds. The molecule has 4 aromatic rings. The van der Waals surface area contributed by atoms with Crippen molar-refractivity contribution in [3.05, 3.63) is 55.9 Å². The minimum atomic E-state index is -0.122. The highest BCUT2D eigenvalue weighted by Gasteiger charge is 2.16. The number of hydrogen-bond donors (Lipinski definition) is 2. The number of hydrogen-bond acceptors (Lipinski definition) is 7. The highest BCUT2D eigenvalue weighted by atomic mass is 35.5. The van der Waals surface area contributed by atoms with E-state index in [0.29, 0.717) is 38.5 Å². The van der Waals surface area contributed by atoms with Gasteiger partial charge in [-0.3, -0.25) is 4.79 Å². The maximum Gasteiger partial charge on any atom is 0.259 e. The first-order valence-electron chi connectivity index (χ1n) is 8.02. The zero-order chi connectivity index (χ0) is 19.1. The Morgan fingerprint density at radius 3 is 2.85 bits per heavy atom. The van der Waals surface area contributed by atoms with Gasteiger partial charge in [0, 0.05) is 10.4 Å². The molecule has 7 nitrogen and oxygen atoms in total. The van der Waals surface area contributed by atoms with Crippen LogP contribution in [0.1, 0.15) is 16.3 Å². The van der Waals surface area contributed by atoms with Crippen LogP contribution in [-0.4, -0.2) is 24.8 Å². The van der Waals surface area contributed by atoms with Crippen molar-refractivity contribution >= 4 is 44.9 Å². The molecule has 3 aromatic heterocycles. The summed E-state index contributed by atoms with van der Waals surface area (Å²) in [4.78, 5) is 21.6. The monoisotopic (exact) mass is 418 g/mol. The molecule has 3 N–H and O–H groups in total. The number of aromatic nitrogens is 5. The smallest absolute Gasteiger partial charge is 0.259 e. The van der Waals surface area contributed by atoms with Gasteiger partial charge in [-0.2, -0.15) is 0 Å². The van der Waals surface area contributed by atoms with Crippen LogP contribution in [0, 0.1) is 13.8 Å². The molecule has 0 aliphatic heterocycles. The molecule has 0 aliphatic rings. The molecule has 10 heteroatoms. The highest BCUT2D eigenvalue weighted by Crippen LogP contribution is 2.29. The number of halogens is 1. The molecular formula is C17H15ClN6OS2. The van der Waals surface area contributed by atoms with Crippen LogP contribution in [0.5, 0.6) is 0 Å². The summed E-state index contributed by atoms with van der Waals surface area (Å²) < 4.78 is 1.39. The van der Waals surface area contributed by atoms with Crippen molar-refractivity contribution < 1.29 is 0 Å². The number of benzene rings is 1. The van der Waals surface area contributed by atoms with Crippen LogP contribution in [0.3, 0.4) is 0 Å². The first-order valence-corrected chi connectivity index (χ1v) is 10.2. The standard InChI is InChI=1S/C17H15ClN6OS2/c1-8-9(2)27-16-13(8)15(25)20-12(21-16)7-26-17-23-22-14(24(17)19)10-5-3-4-6-11(10)18/h3-6H,7,19H2,1-2H3,(H,20,21,25). The van der Waals surface area contributed by atoms with Crippen molar-refractivity contribution in [3.8, 4) is 11.4 Å². The molecule has 0 bridgehead atoms. The number of aromatic amines is 1. The largest absolute Gasteiger partial charge is 0.335 e. The van der Waals surface area contributed by atoms with Gasteiger partial charge in [0.25, 0.3) is 5.56 Å². The molecule has 0 spiro atoms. The van der Waals surface area contributed by atoms with Crippen molar-refractivity contribution in [2.75, 3.05) is 5.84 Å². The van der Waals surface area contributed by atoms with Gasteiger partial charge < -0.3 is 10.8 Å². The summed E-state index contributed by atoms with van der Waals surface area (Å²) in [6.45, 7) is 3.93. The third-order valence-electron chi connectivity index (χ3n) is 4.21. The van der Waals surface area contributed by atoms with Gasteiger partial charge in [0.2, 0.25) is 5.16 Å². The molecule has 4 rings (SSSR count). The first-order chi connectivity index (χ1) is 13.0. The number of aryl methyl sites for hydroxylation is 2. The molecule has 0 unspecified atom stereocenters. The Labute approximate surface area is 167 Å². The number of nitrogen functional groups attached to an aromatic ring is 1. The molecule has 3 heterocycles. The maximum absolute atomic E-state index is 12.4. The van der Waals surface area contributed by atoms with E-state index < -0.39 is 0 Å². The van der Waals surface area contributed by atoms with E-state index in [1.54, 1.807) is 6.07 Å². The number of nitrogens with one attached hydrogen (secondary N) is 1. The lowest BCUT2D eigenvalue weighted by molar-refractivity contribution is 0.848. The summed E-state index contributed by atoms with van der Waals surface area (Å²) in [5.74, 6) is 7.60. The van der Waals surface area contributed by atoms with Gasteiger partial charge in [0.05, 0.1) is 16.2 Å². The van der Waals surface area contributed by atoms with Gasteiger partial charge in [-0.05, 0) is 31.5 Å². The van der Waals surface area contributed by atoms with Crippen LogP contribution in [0.2, 0.25) is 5.02 Å². The lowest BCUT2D eigenvalue weighted by Crippen LogP contribution is -2.13. The number of nitrogens with zero attached hydrogens (tertiary/aromatic N) is 4. The fraction of sp³-hybridized carbons (Fsp3) is 0.176. The first kappa shape index (κ1) is 18.0. The normalized spacial score (nSPS) is 11.4. The second-order valence-corrected chi connectivity index (χ2v) is 8.47. The van der Waals surface area contributed by atoms with E-state index in [9.17, 15) is 4.79 Å². The Morgan fingerprint density at radius 2 is 2.07 bits per heavy atom. The Balaban J connectivity index is 1.61. The summed E-state index contributed by atoms with van der Waals surface area (Å²) in [6, 6.07) is 7.30. The summed E-state index contributed by atoms with van der Waals surface area (Å²) >= 11 is 9.07. The number of fused-ring (bicyclic) bond motifs is 1. The summed E-state index contributed by atoms with van der Waals surface area (Å²) in [6.07, 6.45) is 0. The average molecular weight is 419 g/mol. The molecule has 0 saturated carbocycles. The van der Waals surface area contributed by atoms with Crippen molar-refractivity contribution in [3.63, 3.8) is 0 Å². The van der Waals surface area contributed by atoms with Gasteiger partial charge in [-0.25, -0.2) is 9.66 Å². The second-order valence-electron chi connectivity index (χ2n) is 5.92. The maximum atomic E-state index is 12.4. The van der Waals surface area contributed by atoms with Crippen molar-refractivity contribution in [1.29, 1.82) is 0 Å². The highest BCUT2D eigenvalue weighted by molar-refractivity contribution is 7.98. The minimum absolute atomic E-state index is 0.122. The van der Waals surface area contributed by atoms with Crippen LogP contribution in [0.4, 0.5) is 0 Å². The Kier molecular flexibility index (Phi) is 4.67. The number of nitrogens with two attached hydrogens (primary N) is 1. The molecule has 27 heavy (non-hydrogen) atoms. The fourth-order valence-electron chi connectivity index (χ4n) is 2.70. The van der Waals surface area contributed by atoms with Crippen LogP contribution in [-0.2, 0) is 5.75 Å². The van der Waals surface area contributed by atoms with Gasteiger partial charge in [-0.15, -0.1) is 21.5 Å². The number of rotatable bonds is 4. The summed E-state index contributed by atoms with van der Waals surface area (Å²) in [5, 5.41) is 9.98. The Hall–Kier alpha value is -2.36. The third-order valence-corrected chi connectivity index (χ3v) is 6.59. The average Bonchev–Trinajstić information content (AvgIpc) is 3.14. The Morgan fingerprint density at radius 1 is 1.30 bits per heavy atom. The van der Waals surface area contributed by atoms with E-state index in [2.05, 4.69) is 20.2 Å². The van der Waals surface area contributed by atoms with E-state index in [1.807, 2.05) is 32.0 Å². The van der Waals surface area contributed by atoms with Gasteiger partial charge in [0.1, 0.15) is 10.7 Å². The molecule has 0 radical (unpaired) electrons. The van der Waals surface area contributed by atoms with E-state index in [0.717, 1.165) is 15.3 Å². The molecule has 0 atom stereocenters. The van der Waals surface area contributed by atoms with Crippen molar-refractivity contribution in [1.82, 2.24) is 24.8 Å². The second kappa shape index (κ2) is 6.99. The number of H-pyrrole nitrogens is 1. The van der Waals surface area contributed by atoms with Gasteiger partial charge in [-0.1, -0.05) is 35.5 Å². The molecule has 1 aromatic carbocycles. The summed E-state index contributed by atoms with van der Waals surface area (Å²) in [5.41, 5.74) is 1.57. The van der Waals surface area contributed by atoms with E-state index >= 15 is 0 Å². The lowest BCUT2D eigenvalue weighted by Gasteiger charge is -2.05. The zero-order valence-corrected chi connectivity index (χ0v) is 16.9. The minimum Gasteiger partial charge on any atom is -0.335 e. The quantitative estimate of drug-likeness (QED) is 0.388. The molecule has 0 aliphatic carbocycles. The van der Waals surface area contributed by atoms with Gasteiger partial charge >= 0.3 is 0 Å². The predicted molar refractivity (Wildman–Crippen MR) is 110 cm³/mol. The van der Waals surface area contributed by atoms with Crippen molar-refractivity contribution in [2.24, 2.45) is 0 Å². The third kappa shape index (κ3) is 3.22. The summed E-state index contributed by atoms with van der Waals surface area (Å²) in [7, 11) is 0. The SMILES string of the molecule is Cc1sc2nc(CSc3nnc(-c4ccccc4Cl)n3N)[nH]c(=O)c2c1C. The topological polar surface area (TPSA) is 102 Å². The fourth-order valence-corrected chi connectivity index (χ4v) is 4.70. The van der Waals surface area contributed by atoms with Crippen LogP contribution in [0.25, 0.3) is 21.6 Å². The predicted octanol–water partition coefficient (Wildman–Crippen LogP) is 3.52. The van der Waals surface area contributed by atoms with Crippen molar-refractivity contribution in [2.45, 2.75) is 24.8 Å². The molecular weight excluding hydrogens is 404 g/mol. The number of thiophene rings is 1. The van der Waals surface area contributed by atoms with Crippen LogP contribution < -0.4 is 11.4 Å². The van der Waals surface area contributed by atoms with Crippen LogP contribution in [0.15, 0.2) is 34.2 Å². The lowest BCUT2D eigenvalue weighted by atomic mass is 10.2. The molecule has 0 saturated heterocycles. The molecule has 138 valence electrons. The molecule has 0 fully saturated rings. The van der Waals surface area contributed by atoms with E-state index in [1.165, 1.54) is 27.8 Å². The van der Waals surface area contributed by atoms with Crippen LogP contribution >= 0.6 is 34.7 Å². The van der Waals surface area contributed by atoms with E-state index in [4.69, 9.17) is 17.4 Å².